The molecule has 0 aliphatic rings. The van der Waals surface area contributed by atoms with Gasteiger partial charge in [0, 0.05) is 11.6 Å². The second-order valence-electron chi connectivity index (χ2n) is 3.63. The normalized spacial score (nSPS) is 11.6. The molecule has 17 heavy (non-hydrogen) atoms. The van der Waals surface area contributed by atoms with Crippen LogP contribution in [0.2, 0.25) is 5.02 Å². The van der Waals surface area contributed by atoms with Gasteiger partial charge in [-0.15, -0.1) is 0 Å². The number of hydrogen-bond acceptors (Lipinski definition) is 3. The van der Waals surface area contributed by atoms with Crippen LogP contribution in [0, 0.1) is 0 Å². The Labute approximate surface area is 106 Å². The third kappa shape index (κ3) is 7.33. The Kier molecular flexibility index (Phi) is 5.91. The zero-order chi connectivity index (χ0) is 12.7. The molecule has 1 aromatic rings. The summed E-state index contributed by atoms with van der Waals surface area (Å²) in [5, 5.41) is 0.697. The van der Waals surface area contributed by atoms with Gasteiger partial charge in [0.2, 0.25) is 0 Å². The Morgan fingerprint density at radius 2 is 1.82 bits per heavy atom. The van der Waals surface area contributed by atoms with Gasteiger partial charge in [-0.2, -0.15) is 8.42 Å². The Morgan fingerprint density at radius 1 is 1.18 bits per heavy atom. The Bertz CT molecular complexity index is 427. The molecule has 96 valence electrons. The molecule has 0 unspecified atom stereocenters. The summed E-state index contributed by atoms with van der Waals surface area (Å²) < 4.78 is 34.5. The molecule has 0 aliphatic heterocycles. The fraction of sp³-hybridized carbons (Fsp3) is 0.455. The first-order valence-corrected chi connectivity index (χ1v) is 7.23. The summed E-state index contributed by atoms with van der Waals surface area (Å²) in [7, 11) is -3.86. The zero-order valence-electron chi connectivity index (χ0n) is 9.30. The van der Waals surface area contributed by atoms with Crippen molar-refractivity contribution in [1.29, 1.82) is 0 Å². The van der Waals surface area contributed by atoms with Gasteiger partial charge in [0.1, 0.15) is 0 Å². The second kappa shape index (κ2) is 6.96. The molecule has 0 amide bonds. The zero-order valence-corrected chi connectivity index (χ0v) is 10.9. The molecule has 0 bridgehead atoms. The minimum atomic E-state index is -3.86. The Morgan fingerprint density at radius 3 is 2.41 bits per heavy atom. The van der Waals surface area contributed by atoms with Crippen LogP contribution in [-0.2, 0) is 21.3 Å². The van der Waals surface area contributed by atoms with Crippen molar-refractivity contribution in [3.63, 3.8) is 0 Å². The van der Waals surface area contributed by atoms with Crippen LogP contribution in [0.5, 0.6) is 0 Å². The average Bonchev–Trinajstić information content (AvgIpc) is 2.24. The number of halogens is 1. The Hall–Kier alpha value is -0.620. The molecule has 0 fully saturated rings. The van der Waals surface area contributed by atoms with E-state index in [1.54, 1.807) is 0 Å². The van der Waals surface area contributed by atoms with Crippen LogP contribution in [0.25, 0.3) is 0 Å². The number of hydrogen-bond donors (Lipinski definition) is 1. The van der Waals surface area contributed by atoms with E-state index in [1.807, 2.05) is 24.3 Å². The molecule has 0 saturated heterocycles. The van der Waals surface area contributed by atoms with Crippen LogP contribution in [0.1, 0.15) is 12.0 Å². The summed E-state index contributed by atoms with van der Waals surface area (Å²) >= 11 is 5.75. The van der Waals surface area contributed by atoms with E-state index in [4.69, 9.17) is 20.9 Å². The van der Waals surface area contributed by atoms with Crippen LogP contribution in [0.4, 0.5) is 0 Å². The van der Waals surface area contributed by atoms with E-state index in [0.29, 0.717) is 24.7 Å². The molecular weight excluding hydrogens is 264 g/mol. The maximum Gasteiger partial charge on any atom is 0.264 e. The minimum Gasteiger partial charge on any atom is -0.381 e. The molecule has 0 saturated carbocycles. The fourth-order valence-corrected chi connectivity index (χ4v) is 1.90. The highest BCUT2D eigenvalue weighted by atomic mass is 35.5. The van der Waals surface area contributed by atoms with Gasteiger partial charge in [-0.05, 0) is 30.5 Å². The van der Waals surface area contributed by atoms with E-state index in [1.165, 1.54) is 0 Å². The average molecular weight is 279 g/mol. The number of benzene rings is 1. The highest BCUT2D eigenvalue weighted by Gasteiger charge is 2.03. The first-order chi connectivity index (χ1) is 7.97. The summed E-state index contributed by atoms with van der Waals surface area (Å²) in [4.78, 5) is 0. The highest BCUT2D eigenvalue weighted by Crippen LogP contribution is 2.09. The molecule has 1 N–H and O–H groups in total. The van der Waals surface area contributed by atoms with E-state index in [0.717, 1.165) is 12.0 Å². The van der Waals surface area contributed by atoms with Crippen LogP contribution in [0.15, 0.2) is 24.3 Å². The van der Waals surface area contributed by atoms with Crippen LogP contribution >= 0.6 is 11.6 Å². The summed E-state index contributed by atoms with van der Waals surface area (Å²) in [6, 6.07) is 7.47. The number of rotatable bonds is 7. The summed E-state index contributed by atoms with van der Waals surface area (Å²) in [6.07, 6.45) is 1.06. The van der Waals surface area contributed by atoms with Crippen LogP contribution in [-0.4, -0.2) is 31.9 Å². The maximum atomic E-state index is 10.4. The van der Waals surface area contributed by atoms with Crippen molar-refractivity contribution in [1.82, 2.24) is 0 Å². The third-order valence-corrected chi connectivity index (χ3v) is 3.20. The van der Waals surface area contributed by atoms with E-state index in [-0.39, 0.29) is 5.75 Å². The lowest BCUT2D eigenvalue weighted by Crippen LogP contribution is -2.08. The van der Waals surface area contributed by atoms with Gasteiger partial charge < -0.3 is 4.74 Å². The molecule has 0 heterocycles. The van der Waals surface area contributed by atoms with Gasteiger partial charge in [0.15, 0.2) is 0 Å². The predicted molar refractivity (Wildman–Crippen MR) is 67.0 cm³/mol. The van der Waals surface area contributed by atoms with Gasteiger partial charge >= 0.3 is 0 Å². The summed E-state index contributed by atoms with van der Waals surface area (Å²) in [6.45, 7) is 0.848. The SMILES string of the molecule is O=S(=O)(O)CCCOCCc1ccc(Cl)cc1. The van der Waals surface area contributed by atoms with Crippen molar-refractivity contribution < 1.29 is 17.7 Å². The van der Waals surface area contributed by atoms with Crippen molar-refractivity contribution in [2.75, 3.05) is 19.0 Å². The van der Waals surface area contributed by atoms with Gasteiger partial charge in [-0.1, -0.05) is 23.7 Å². The molecule has 0 radical (unpaired) electrons. The lowest BCUT2D eigenvalue weighted by Gasteiger charge is -2.04. The molecule has 6 heteroatoms. The molecule has 0 aromatic heterocycles. The van der Waals surface area contributed by atoms with E-state index >= 15 is 0 Å². The quantitative estimate of drug-likeness (QED) is 0.613. The smallest absolute Gasteiger partial charge is 0.264 e. The summed E-state index contributed by atoms with van der Waals surface area (Å²) in [5.74, 6) is -0.256. The van der Waals surface area contributed by atoms with E-state index in [2.05, 4.69) is 0 Å². The predicted octanol–water partition coefficient (Wildman–Crippen LogP) is 2.18. The lowest BCUT2D eigenvalue weighted by molar-refractivity contribution is 0.138. The largest absolute Gasteiger partial charge is 0.381 e. The van der Waals surface area contributed by atoms with Crippen molar-refractivity contribution >= 4 is 21.7 Å². The topological polar surface area (TPSA) is 63.6 Å². The van der Waals surface area contributed by atoms with Gasteiger partial charge in [0.05, 0.1) is 12.4 Å². The molecule has 0 atom stereocenters. The maximum absolute atomic E-state index is 10.4. The standard InChI is InChI=1S/C11H15ClO4S/c12-11-4-2-10(3-5-11)6-8-16-7-1-9-17(13,14)15/h2-5H,1,6-9H2,(H,13,14,15). The van der Waals surface area contributed by atoms with Crippen molar-refractivity contribution in [3.8, 4) is 0 Å². The van der Waals surface area contributed by atoms with Gasteiger partial charge in [-0.3, -0.25) is 4.55 Å². The fourth-order valence-electron chi connectivity index (χ4n) is 1.29. The third-order valence-electron chi connectivity index (χ3n) is 2.14. The van der Waals surface area contributed by atoms with E-state index < -0.39 is 10.1 Å². The minimum absolute atomic E-state index is 0.256. The van der Waals surface area contributed by atoms with Crippen molar-refractivity contribution in [3.05, 3.63) is 34.9 Å². The molecule has 0 spiro atoms. The molecule has 1 rings (SSSR count). The van der Waals surface area contributed by atoms with Crippen LogP contribution < -0.4 is 0 Å². The summed E-state index contributed by atoms with van der Waals surface area (Å²) in [5.41, 5.74) is 1.11. The van der Waals surface area contributed by atoms with E-state index in [9.17, 15) is 8.42 Å². The van der Waals surface area contributed by atoms with Crippen LogP contribution in [0.3, 0.4) is 0 Å². The molecule has 1 aromatic carbocycles. The molecule has 0 aliphatic carbocycles. The highest BCUT2D eigenvalue weighted by molar-refractivity contribution is 7.85. The van der Waals surface area contributed by atoms with Gasteiger partial charge in [0.25, 0.3) is 10.1 Å². The Balaban J connectivity index is 2.10. The monoisotopic (exact) mass is 278 g/mol. The first kappa shape index (κ1) is 14.4. The molecule has 4 nitrogen and oxygen atoms in total. The van der Waals surface area contributed by atoms with Crippen molar-refractivity contribution in [2.24, 2.45) is 0 Å². The molecular formula is C11H15ClO4S. The first-order valence-electron chi connectivity index (χ1n) is 5.25. The van der Waals surface area contributed by atoms with Crippen molar-refractivity contribution in [2.45, 2.75) is 12.8 Å². The van der Waals surface area contributed by atoms with Gasteiger partial charge in [-0.25, -0.2) is 0 Å². The lowest BCUT2D eigenvalue weighted by atomic mass is 10.2. The second-order valence-corrected chi connectivity index (χ2v) is 5.64. The number of ether oxygens (including phenoxy) is 1.